The van der Waals surface area contributed by atoms with Gasteiger partial charge in [0.1, 0.15) is 5.82 Å². The molecule has 2 N–H and O–H groups in total. The fourth-order valence-corrected chi connectivity index (χ4v) is 3.15. The van der Waals surface area contributed by atoms with E-state index in [4.69, 9.17) is 4.74 Å². The number of hydrogen-bond acceptors (Lipinski definition) is 7. The number of aromatic nitrogens is 3. The molecule has 0 radical (unpaired) electrons. The molecule has 2 aromatic carbocycles. The van der Waals surface area contributed by atoms with E-state index < -0.39 is 21.9 Å². The molecule has 2 amide bonds. The number of nitrogens with zero attached hydrogens (tertiary/aromatic N) is 3. The predicted octanol–water partition coefficient (Wildman–Crippen LogP) is 2.59. The summed E-state index contributed by atoms with van der Waals surface area (Å²) in [6.45, 7) is 2.02. The summed E-state index contributed by atoms with van der Waals surface area (Å²) in [4.78, 5) is 24.1. The molecule has 9 nitrogen and oxygen atoms in total. The van der Waals surface area contributed by atoms with Crippen molar-refractivity contribution in [2.45, 2.75) is 11.8 Å². The third kappa shape index (κ3) is 5.23. The molecule has 0 atom stereocenters. The molecule has 0 aliphatic carbocycles. The third-order valence-corrected chi connectivity index (χ3v) is 4.84. The first kappa shape index (κ1) is 20.1. The molecular weight excluding hydrogens is 401 g/mol. The minimum atomic E-state index is -4.21. The average Bonchev–Trinajstić information content (AvgIpc) is 2.68. The maximum atomic E-state index is 13.0. The zero-order valence-corrected chi connectivity index (χ0v) is 16.0. The Morgan fingerprint density at radius 2 is 1.72 bits per heavy atom. The van der Waals surface area contributed by atoms with E-state index >= 15 is 0 Å². The van der Waals surface area contributed by atoms with Gasteiger partial charge >= 0.3 is 12.0 Å². The minimum absolute atomic E-state index is 0.0296. The lowest BCUT2D eigenvalue weighted by Crippen LogP contribution is -2.35. The van der Waals surface area contributed by atoms with Gasteiger partial charge in [0.25, 0.3) is 10.0 Å². The normalized spacial score (nSPS) is 11.0. The van der Waals surface area contributed by atoms with E-state index in [-0.39, 0.29) is 29.3 Å². The maximum absolute atomic E-state index is 13.0. The zero-order chi connectivity index (χ0) is 20.9. The first-order valence-corrected chi connectivity index (χ1v) is 9.89. The smallest absolute Gasteiger partial charge is 0.335 e. The predicted molar refractivity (Wildman–Crippen MR) is 102 cm³/mol. The summed E-state index contributed by atoms with van der Waals surface area (Å²) in [5, 5.41) is 2.24. The van der Waals surface area contributed by atoms with Gasteiger partial charge in [-0.15, -0.1) is 0 Å². The van der Waals surface area contributed by atoms with Crippen LogP contribution in [0.3, 0.4) is 0 Å². The van der Waals surface area contributed by atoms with E-state index in [0.29, 0.717) is 5.56 Å². The van der Waals surface area contributed by atoms with E-state index in [9.17, 15) is 17.6 Å². The average molecular weight is 417 g/mol. The summed E-state index contributed by atoms with van der Waals surface area (Å²) in [6, 6.07) is 11.8. The van der Waals surface area contributed by atoms with Gasteiger partial charge in [-0.25, -0.2) is 22.3 Å². The van der Waals surface area contributed by atoms with Crippen LogP contribution in [0.4, 0.5) is 15.1 Å². The van der Waals surface area contributed by atoms with Crippen molar-refractivity contribution in [2.75, 3.05) is 11.9 Å². The Kier molecular flexibility index (Phi) is 5.98. The SMILES string of the molecule is CCOc1nc(NC(=O)NS(=O)(=O)c2ccc(F)cc2)nc(-c2ccccc2)n1. The summed E-state index contributed by atoms with van der Waals surface area (Å²) in [5.41, 5.74) is 0.651. The molecule has 1 aromatic heterocycles. The summed E-state index contributed by atoms with van der Waals surface area (Å²) in [5.74, 6) is -0.565. The van der Waals surface area contributed by atoms with Gasteiger partial charge in [0, 0.05) is 5.56 Å². The van der Waals surface area contributed by atoms with Gasteiger partial charge in [-0.05, 0) is 31.2 Å². The number of hydrogen-bond donors (Lipinski definition) is 2. The maximum Gasteiger partial charge on any atom is 0.335 e. The van der Waals surface area contributed by atoms with Crippen molar-refractivity contribution in [3.05, 3.63) is 60.4 Å². The van der Waals surface area contributed by atoms with Crippen molar-refractivity contribution in [2.24, 2.45) is 0 Å². The van der Waals surface area contributed by atoms with Crippen molar-refractivity contribution in [1.29, 1.82) is 0 Å². The van der Waals surface area contributed by atoms with E-state index in [1.807, 2.05) is 10.8 Å². The molecule has 0 aliphatic rings. The summed E-state index contributed by atoms with van der Waals surface area (Å²) in [7, 11) is -4.21. The highest BCUT2D eigenvalue weighted by molar-refractivity contribution is 7.90. The molecule has 0 aliphatic heterocycles. The van der Waals surface area contributed by atoms with E-state index in [1.165, 1.54) is 0 Å². The zero-order valence-electron chi connectivity index (χ0n) is 15.2. The van der Waals surface area contributed by atoms with Gasteiger partial charge in [-0.1, -0.05) is 30.3 Å². The molecule has 0 fully saturated rings. The topological polar surface area (TPSA) is 123 Å². The number of rotatable bonds is 6. The molecule has 0 spiro atoms. The number of halogens is 1. The molecule has 3 rings (SSSR count). The second kappa shape index (κ2) is 8.61. The first-order chi connectivity index (χ1) is 13.9. The molecule has 3 aromatic rings. The number of urea groups is 1. The highest BCUT2D eigenvalue weighted by Gasteiger charge is 2.19. The van der Waals surface area contributed by atoms with Crippen LogP contribution in [0.25, 0.3) is 11.4 Å². The van der Waals surface area contributed by atoms with Crippen molar-refractivity contribution in [3.8, 4) is 17.4 Å². The van der Waals surface area contributed by atoms with Crippen LogP contribution >= 0.6 is 0 Å². The van der Waals surface area contributed by atoms with Gasteiger partial charge in [0.15, 0.2) is 5.82 Å². The van der Waals surface area contributed by atoms with E-state index in [0.717, 1.165) is 24.3 Å². The fraction of sp³-hybridized carbons (Fsp3) is 0.111. The molecule has 0 unspecified atom stereocenters. The van der Waals surface area contributed by atoms with Crippen LogP contribution < -0.4 is 14.8 Å². The van der Waals surface area contributed by atoms with Gasteiger partial charge in [0.2, 0.25) is 5.95 Å². The van der Waals surface area contributed by atoms with Gasteiger partial charge < -0.3 is 4.74 Å². The first-order valence-electron chi connectivity index (χ1n) is 8.41. The Bertz CT molecular complexity index is 1110. The number of anilines is 1. The lowest BCUT2D eigenvalue weighted by atomic mass is 10.2. The van der Waals surface area contributed by atoms with Crippen LogP contribution in [-0.2, 0) is 10.0 Å². The summed E-state index contributed by atoms with van der Waals surface area (Å²) < 4.78 is 44.5. The van der Waals surface area contributed by atoms with Crippen LogP contribution in [0.1, 0.15) is 6.92 Å². The largest absolute Gasteiger partial charge is 0.464 e. The number of ether oxygens (including phenoxy) is 1. The number of amides is 2. The van der Waals surface area contributed by atoms with Crippen LogP contribution in [0.5, 0.6) is 6.01 Å². The van der Waals surface area contributed by atoms with Crippen molar-refractivity contribution >= 4 is 22.0 Å². The fourth-order valence-electron chi connectivity index (χ4n) is 2.24. The van der Waals surface area contributed by atoms with Crippen LogP contribution in [-0.4, -0.2) is 36.0 Å². The number of sulfonamides is 1. The Morgan fingerprint density at radius 1 is 1.03 bits per heavy atom. The van der Waals surface area contributed by atoms with E-state index in [2.05, 4.69) is 20.3 Å². The molecule has 0 saturated heterocycles. The van der Waals surface area contributed by atoms with Crippen molar-refractivity contribution in [1.82, 2.24) is 19.7 Å². The highest BCUT2D eigenvalue weighted by atomic mass is 32.2. The van der Waals surface area contributed by atoms with Crippen molar-refractivity contribution < 1.29 is 22.3 Å². The number of carbonyl (C=O) groups excluding carboxylic acids is 1. The standard InChI is InChI=1S/C18H16FN5O4S/c1-2-28-18-21-15(12-6-4-3-5-7-12)20-16(23-18)22-17(25)24-29(26,27)14-10-8-13(19)9-11-14/h3-11H,2H2,1H3,(H2,20,21,22,23,24,25). The second-order valence-corrected chi connectivity index (χ2v) is 7.26. The minimum Gasteiger partial charge on any atom is -0.464 e. The highest BCUT2D eigenvalue weighted by Crippen LogP contribution is 2.18. The molecule has 11 heteroatoms. The number of nitrogens with one attached hydrogen (secondary N) is 2. The third-order valence-electron chi connectivity index (χ3n) is 3.50. The lowest BCUT2D eigenvalue weighted by Gasteiger charge is -2.10. The van der Waals surface area contributed by atoms with Gasteiger partial charge in [-0.2, -0.15) is 15.0 Å². The second-order valence-electron chi connectivity index (χ2n) is 5.58. The molecule has 1 heterocycles. The monoisotopic (exact) mass is 417 g/mol. The summed E-state index contributed by atoms with van der Waals surface area (Å²) >= 11 is 0. The van der Waals surface area contributed by atoms with Gasteiger partial charge in [-0.3, -0.25) is 5.32 Å². The Labute approximate surface area is 166 Å². The Hall–Kier alpha value is -3.60. The lowest BCUT2D eigenvalue weighted by molar-refractivity contribution is 0.256. The van der Waals surface area contributed by atoms with Crippen molar-refractivity contribution in [3.63, 3.8) is 0 Å². The Balaban J connectivity index is 1.82. The number of carbonyl (C=O) groups is 1. The molecule has 150 valence electrons. The van der Waals surface area contributed by atoms with Crippen LogP contribution in [0.15, 0.2) is 59.5 Å². The Morgan fingerprint density at radius 3 is 2.38 bits per heavy atom. The molecule has 0 bridgehead atoms. The van der Waals surface area contributed by atoms with E-state index in [1.54, 1.807) is 31.2 Å². The molecule has 0 saturated carbocycles. The number of benzene rings is 2. The molecule has 29 heavy (non-hydrogen) atoms. The summed E-state index contributed by atoms with van der Waals surface area (Å²) in [6.07, 6.45) is 0. The van der Waals surface area contributed by atoms with Crippen LogP contribution in [0.2, 0.25) is 0 Å². The van der Waals surface area contributed by atoms with Crippen LogP contribution in [0, 0.1) is 5.82 Å². The van der Waals surface area contributed by atoms with Gasteiger partial charge in [0.05, 0.1) is 11.5 Å². The quantitative estimate of drug-likeness (QED) is 0.632. The molecular formula is C18H16FN5O4S.